The average Bonchev–Trinajstić information content (AvgIpc) is 3.88. The Hall–Kier alpha value is -5.60. The Kier molecular flexibility index (Phi) is 14.5. The van der Waals surface area contributed by atoms with Crippen molar-refractivity contribution in [3.8, 4) is 5.75 Å². The topological polar surface area (TPSA) is 147 Å². The number of H-pyrrole nitrogens is 1. The largest absolute Gasteiger partial charge is 0.496 e. The van der Waals surface area contributed by atoms with Crippen molar-refractivity contribution < 1.29 is 33.1 Å². The van der Waals surface area contributed by atoms with Crippen LogP contribution < -0.4 is 20.3 Å². The van der Waals surface area contributed by atoms with Crippen LogP contribution in [0.15, 0.2) is 54.6 Å². The van der Waals surface area contributed by atoms with Crippen LogP contribution in [0.3, 0.4) is 0 Å². The molecule has 3 aliphatic rings. The summed E-state index contributed by atoms with van der Waals surface area (Å²) in [7, 11) is 4.73. The Balaban J connectivity index is 1.02. The first-order chi connectivity index (χ1) is 30.8. The molecule has 13 nitrogen and oxygen atoms in total. The van der Waals surface area contributed by atoms with Gasteiger partial charge in [0.05, 0.1) is 18.7 Å². The standard InChI is InChI=1S/C50H64FN7O6/c1-49(2,51)32-58-22-15-39-38-10-6-7-11-42(38)54-45(39)46(58)40-14-13-37(28-44(40)64-5)57-23-18-50(19-24-57,17-20-53-33-61)16-9-21-56-29-34-26-36(31-60)41(27-35(34)30-56)48(63)55(4)43(12-8-25-59)47(62)52-3/h6-7,10-11,13-14,25-28,31,33,43,46,54H,8-9,12,15-24,29-30,32H2,1-5H3,(H,52,62)(H,53,61). The summed E-state index contributed by atoms with van der Waals surface area (Å²) in [6.07, 6.45) is 8.07. The van der Waals surface area contributed by atoms with Gasteiger partial charge < -0.3 is 34.9 Å². The number of para-hydroxylation sites is 1. The van der Waals surface area contributed by atoms with Crippen molar-refractivity contribution in [2.24, 2.45) is 5.41 Å². The molecule has 2 atom stereocenters. The van der Waals surface area contributed by atoms with Crippen LogP contribution in [-0.4, -0.2) is 123 Å². The average molecular weight is 878 g/mol. The molecule has 14 heteroatoms. The minimum atomic E-state index is -1.37. The first-order valence-electron chi connectivity index (χ1n) is 22.7. The quantitative estimate of drug-likeness (QED) is 0.0681. The highest BCUT2D eigenvalue weighted by Crippen LogP contribution is 2.45. The van der Waals surface area contributed by atoms with Crippen LogP contribution in [0.25, 0.3) is 10.9 Å². The van der Waals surface area contributed by atoms with Gasteiger partial charge in [0, 0.05) is 106 Å². The molecule has 1 fully saturated rings. The second-order valence-electron chi connectivity index (χ2n) is 18.6. The van der Waals surface area contributed by atoms with E-state index in [2.05, 4.69) is 66.7 Å². The molecule has 3 aromatic carbocycles. The summed E-state index contributed by atoms with van der Waals surface area (Å²) in [5, 5.41) is 6.69. The predicted molar refractivity (Wildman–Crippen MR) is 247 cm³/mol. The third kappa shape index (κ3) is 10.0. The van der Waals surface area contributed by atoms with E-state index in [1.165, 1.54) is 29.9 Å². The molecular weight excluding hydrogens is 814 g/mol. The smallest absolute Gasteiger partial charge is 0.255 e. The van der Waals surface area contributed by atoms with E-state index in [1.807, 2.05) is 6.07 Å². The van der Waals surface area contributed by atoms with E-state index in [-0.39, 0.29) is 41.3 Å². The summed E-state index contributed by atoms with van der Waals surface area (Å²) in [4.78, 5) is 73.0. The Morgan fingerprint density at radius 1 is 1.03 bits per heavy atom. The maximum absolute atomic E-state index is 15.3. The van der Waals surface area contributed by atoms with Crippen molar-refractivity contribution in [3.05, 3.63) is 93.7 Å². The van der Waals surface area contributed by atoms with Gasteiger partial charge in [-0.3, -0.25) is 29.0 Å². The Morgan fingerprint density at radius 3 is 2.47 bits per heavy atom. The third-order valence-corrected chi connectivity index (χ3v) is 13.9. The van der Waals surface area contributed by atoms with Crippen LogP contribution in [0, 0.1) is 5.41 Å². The number of nitrogens with zero attached hydrogens (tertiary/aromatic N) is 4. The molecule has 0 radical (unpaired) electrons. The second kappa shape index (κ2) is 20.1. The van der Waals surface area contributed by atoms with Gasteiger partial charge in [-0.1, -0.05) is 24.3 Å². The molecule has 4 aromatic rings. The molecule has 3 N–H and O–H groups in total. The second-order valence-corrected chi connectivity index (χ2v) is 18.6. The van der Waals surface area contributed by atoms with Gasteiger partial charge in [-0.05, 0) is 112 Å². The normalized spacial score (nSPS) is 17.9. The van der Waals surface area contributed by atoms with Gasteiger partial charge in [0.25, 0.3) is 5.91 Å². The van der Waals surface area contributed by atoms with E-state index in [4.69, 9.17) is 4.74 Å². The molecular formula is C50H64FN7O6. The van der Waals surface area contributed by atoms with Crippen molar-refractivity contribution in [2.45, 2.75) is 96.1 Å². The van der Waals surface area contributed by atoms with Crippen LogP contribution in [-0.2, 0) is 33.9 Å². The summed E-state index contributed by atoms with van der Waals surface area (Å²) >= 11 is 0. The molecule has 1 saturated heterocycles. The van der Waals surface area contributed by atoms with E-state index in [9.17, 15) is 24.0 Å². The van der Waals surface area contributed by atoms with Gasteiger partial charge in [0.2, 0.25) is 12.3 Å². The molecule has 0 saturated carbocycles. The molecule has 7 rings (SSSR count). The van der Waals surface area contributed by atoms with Gasteiger partial charge in [-0.2, -0.15) is 0 Å². The van der Waals surface area contributed by atoms with Crippen LogP contribution in [0.4, 0.5) is 10.1 Å². The summed E-state index contributed by atoms with van der Waals surface area (Å²) < 4.78 is 21.5. The first-order valence-corrected chi connectivity index (χ1v) is 22.7. The molecule has 64 heavy (non-hydrogen) atoms. The lowest BCUT2D eigenvalue weighted by molar-refractivity contribution is -0.125. The summed E-state index contributed by atoms with van der Waals surface area (Å²) in [6.45, 7) is 8.77. The number of carbonyl (C=O) groups excluding carboxylic acids is 5. The fourth-order valence-corrected chi connectivity index (χ4v) is 10.6. The zero-order valence-corrected chi connectivity index (χ0v) is 38.0. The number of amides is 3. The number of methoxy groups -OCH3 is 1. The van der Waals surface area contributed by atoms with Crippen molar-refractivity contribution in [3.63, 3.8) is 0 Å². The highest BCUT2D eigenvalue weighted by molar-refractivity contribution is 6.03. The molecule has 342 valence electrons. The maximum atomic E-state index is 15.3. The molecule has 1 aromatic heterocycles. The van der Waals surface area contributed by atoms with E-state index >= 15 is 4.39 Å². The number of fused-ring (bicyclic) bond motifs is 4. The fourth-order valence-electron chi connectivity index (χ4n) is 10.6. The zero-order chi connectivity index (χ0) is 45.6. The molecule has 3 aliphatic heterocycles. The molecule has 3 amide bonds. The fraction of sp³-hybridized carbons (Fsp3) is 0.500. The van der Waals surface area contributed by atoms with Gasteiger partial charge in [-0.15, -0.1) is 0 Å². The molecule has 2 unspecified atom stereocenters. The number of rotatable bonds is 20. The number of alkyl halides is 1. The number of anilines is 1. The van der Waals surface area contributed by atoms with E-state index in [0.29, 0.717) is 32.5 Å². The van der Waals surface area contributed by atoms with E-state index in [0.717, 1.165) is 117 Å². The van der Waals surface area contributed by atoms with Crippen LogP contribution in [0.1, 0.15) is 113 Å². The number of hydrogen-bond acceptors (Lipinski definition) is 9. The number of nitrogens with one attached hydrogen (secondary N) is 3. The highest BCUT2D eigenvalue weighted by Gasteiger charge is 2.38. The summed E-state index contributed by atoms with van der Waals surface area (Å²) in [5.41, 5.74) is 6.75. The number of hydrogen-bond donors (Lipinski definition) is 3. The predicted octanol–water partition coefficient (Wildman–Crippen LogP) is 6.37. The Morgan fingerprint density at radius 2 is 1.78 bits per heavy atom. The monoisotopic (exact) mass is 877 g/mol. The van der Waals surface area contributed by atoms with E-state index in [1.54, 1.807) is 33.1 Å². The van der Waals surface area contributed by atoms with Crippen molar-refractivity contribution in [1.82, 2.24) is 30.3 Å². The summed E-state index contributed by atoms with van der Waals surface area (Å²) in [6, 6.07) is 17.4. The lowest BCUT2D eigenvalue weighted by Crippen LogP contribution is -2.47. The van der Waals surface area contributed by atoms with E-state index < -0.39 is 17.6 Å². The lowest BCUT2D eigenvalue weighted by atomic mass is 9.72. The number of likely N-dealkylation sites (N-methyl/N-ethyl adjacent to an activating group) is 2. The Labute approximate surface area is 376 Å². The third-order valence-electron chi connectivity index (χ3n) is 13.9. The minimum Gasteiger partial charge on any atom is -0.496 e. The molecule has 0 spiro atoms. The van der Waals surface area contributed by atoms with Gasteiger partial charge >= 0.3 is 0 Å². The number of carbonyl (C=O) groups is 5. The SMILES string of the molecule is CNC(=O)C(CCC=O)N(C)C(=O)c1cc2c(cc1C=O)CN(CCCC1(CCNC=O)CCN(c3ccc(C4c5[nH]c6ccccc6c5CCN4CC(C)(C)F)c(OC)c3)CC1)C2. The number of aromatic nitrogens is 1. The molecule has 4 heterocycles. The molecule has 0 aliphatic carbocycles. The van der Waals surface area contributed by atoms with Gasteiger partial charge in [0.15, 0.2) is 6.29 Å². The number of piperidine rings is 1. The number of ether oxygens (including phenoxy) is 1. The lowest BCUT2D eigenvalue weighted by Gasteiger charge is -2.43. The zero-order valence-electron chi connectivity index (χ0n) is 38.0. The highest BCUT2D eigenvalue weighted by atomic mass is 19.1. The number of aldehydes is 2. The number of aromatic amines is 1. The van der Waals surface area contributed by atoms with Gasteiger partial charge in [-0.25, -0.2) is 4.39 Å². The van der Waals surface area contributed by atoms with Gasteiger partial charge in [0.1, 0.15) is 23.7 Å². The molecule has 0 bridgehead atoms. The Bertz CT molecular complexity index is 2330. The minimum absolute atomic E-state index is 0.0386. The van der Waals surface area contributed by atoms with Crippen molar-refractivity contribution in [2.75, 3.05) is 65.4 Å². The van der Waals surface area contributed by atoms with Crippen molar-refractivity contribution in [1.29, 1.82) is 0 Å². The number of benzene rings is 3. The first kappa shape index (κ1) is 46.4. The van der Waals surface area contributed by atoms with Crippen molar-refractivity contribution >= 4 is 47.4 Å². The van der Waals surface area contributed by atoms with Crippen LogP contribution in [0.5, 0.6) is 5.75 Å². The van der Waals surface area contributed by atoms with Crippen LogP contribution in [0.2, 0.25) is 0 Å². The number of halogens is 1. The maximum Gasteiger partial charge on any atom is 0.255 e. The van der Waals surface area contributed by atoms with Crippen LogP contribution >= 0.6 is 0 Å². The summed E-state index contributed by atoms with van der Waals surface area (Å²) in [5.74, 6) is -0.0298.